The van der Waals surface area contributed by atoms with Crippen molar-refractivity contribution in [2.24, 2.45) is 5.73 Å². The molecule has 78 valence electrons. The number of nitrogens with zero attached hydrogens (tertiary/aromatic N) is 1. The van der Waals surface area contributed by atoms with Gasteiger partial charge in [0.25, 0.3) is 0 Å². The molecule has 3 heteroatoms. The topological polar surface area (TPSA) is 42.4 Å². The molecule has 0 spiro atoms. The van der Waals surface area contributed by atoms with Gasteiger partial charge in [0, 0.05) is 12.1 Å². The van der Waals surface area contributed by atoms with Crippen LogP contribution in [-0.2, 0) is 6.54 Å². The van der Waals surface area contributed by atoms with E-state index >= 15 is 0 Å². The smallest absolute Gasteiger partial charge is 0.117 e. The Balaban J connectivity index is 2.00. The molecular weight excluding hydrogens is 176 g/mol. The van der Waals surface area contributed by atoms with Gasteiger partial charge >= 0.3 is 0 Å². The zero-order valence-electron chi connectivity index (χ0n) is 8.70. The number of hydrogen-bond donors (Lipinski definition) is 1. The summed E-state index contributed by atoms with van der Waals surface area (Å²) in [5.74, 6) is 1.03. The molecule has 1 heterocycles. The Labute approximate surface area is 84.9 Å². The number of nitrogens with two attached hydrogens (primary N) is 1. The van der Waals surface area contributed by atoms with Crippen molar-refractivity contribution < 1.29 is 4.42 Å². The highest BCUT2D eigenvalue weighted by molar-refractivity contribution is 5.07. The van der Waals surface area contributed by atoms with Crippen LogP contribution in [-0.4, -0.2) is 23.5 Å². The highest BCUT2D eigenvalue weighted by Gasteiger charge is 2.46. The SMILES string of the molecule is CCN(Cc1ccco1)C1(CN)CC1. The molecule has 0 amide bonds. The van der Waals surface area contributed by atoms with E-state index in [0.717, 1.165) is 25.4 Å². The highest BCUT2D eigenvalue weighted by Crippen LogP contribution is 2.41. The van der Waals surface area contributed by atoms with Crippen LogP contribution in [0.3, 0.4) is 0 Å². The highest BCUT2D eigenvalue weighted by atomic mass is 16.3. The first-order valence-electron chi connectivity index (χ1n) is 5.28. The molecule has 1 fully saturated rings. The summed E-state index contributed by atoms with van der Waals surface area (Å²) in [6.45, 7) is 4.87. The molecule has 1 aromatic heterocycles. The Hall–Kier alpha value is -0.800. The van der Waals surface area contributed by atoms with Gasteiger partial charge < -0.3 is 10.2 Å². The molecule has 14 heavy (non-hydrogen) atoms. The van der Waals surface area contributed by atoms with Crippen LogP contribution in [0.25, 0.3) is 0 Å². The quantitative estimate of drug-likeness (QED) is 0.774. The Morgan fingerprint density at radius 2 is 2.36 bits per heavy atom. The molecule has 3 nitrogen and oxygen atoms in total. The first-order valence-corrected chi connectivity index (χ1v) is 5.28. The van der Waals surface area contributed by atoms with Crippen molar-refractivity contribution in [3.8, 4) is 0 Å². The van der Waals surface area contributed by atoms with Gasteiger partial charge in [0.15, 0.2) is 0 Å². The van der Waals surface area contributed by atoms with E-state index in [-0.39, 0.29) is 5.54 Å². The van der Waals surface area contributed by atoms with E-state index in [1.165, 1.54) is 12.8 Å². The fourth-order valence-electron chi connectivity index (χ4n) is 2.00. The molecule has 1 aliphatic carbocycles. The molecule has 0 aromatic carbocycles. The summed E-state index contributed by atoms with van der Waals surface area (Å²) in [6.07, 6.45) is 4.20. The summed E-state index contributed by atoms with van der Waals surface area (Å²) in [4.78, 5) is 2.42. The van der Waals surface area contributed by atoms with Gasteiger partial charge in [-0.1, -0.05) is 6.92 Å². The second kappa shape index (κ2) is 3.75. The van der Waals surface area contributed by atoms with E-state index in [1.807, 2.05) is 12.1 Å². The minimum absolute atomic E-state index is 0.279. The molecule has 0 unspecified atom stereocenters. The Bertz CT molecular complexity index is 277. The molecule has 1 saturated carbocycles. The molecule has 1 aromatic rings. The molecule has 0 aliphatic heterocycles. The summed E-state index contributed by atoms with van der Waals surface area (Å²) < 4.78 is 5.35. The average Bonchev–Trinajstić information content (AvgIpc) is 2.85. The van der Waals surface area contributed by atoms with Crippen LogP contribution in [0.15, 0.2) is 22.8 Å². The van der Waals surface area contributed by atoms with Crippen molar-refractivity contribution in [2.75, 3.05) is 13.1 Å². The maximum atomic E-state index is 5.80. The van der Waals surface area contributed by atoms with Crippen molar-refractivity contribution in [1.29, 1.82) is 0 Å². The summed E-state index contributed by atoms with van der Waals surface area (Å²) in [5.41, 5.74) is 6.08. The molecule has 2 rings (SSSR count). The van der Waals surface area contributed by atoms with E-state index in [4.69, 9.17) is 10.2 Å². The van der Waals surface area contributed by atoms with Crippen LogP contribution in [0.1, 0.15) is 25.5 Å². The summed E-state index contributed by atoms with van der Waals surface area (Å²) in [5, 5.41) is 0. The van der Waals surface area contributed by atoms with Crippen LogP contribution >= 0.6 is 0 Å². The molecule has 0 atom stereocenters. The molecule has 0 bridgehead atoms. The lowest BCUT2D eigenvalue weighted by atomic mass is 10.2. The van der Waals surface area contributed by atoms with Crippen molar-refractivity contribution in [1.82, 2.24) is 4.90 Å². The maximum absolute atomic E-state index is 5.80. The van der Waals surface area contributed by atoms with Crippen LogP contribution in [0.4, 0.5) is 0 Å². The minimum atomic E-state index is 0.279. The van der Waals surface area contributed by atoms with Gasteiger partial charge in [-0.05, 0) is 31.5 Å². The fraction of sp³-hybridized carbons (Fsp3) is 0.636. The third kappa shape index (κ3) is 1.70. The van der Waals surface area contributed by atoms with E-state index in [0.29, 0.717) is 0 Å². The molecule has 2 N–H and O–H groups in total. The largest absolute Gasteiger partial charge is 0.468 e. The van der Waals surface area contributed by atoms with E-state index in [2.05, 4.69) is 11.8 Å². The third-order valence-corrected chi connectivity index (χ3v) is 3.19. The van der Waals surface area contributed by atoms with Crippen LogP contribution < -0.4 is 5.73 Å². The second-order valence-electron chi connectivity index (χ2n) is 4.02. The van der Waals surface area contributed by atoms with E-state index in [1.54, 1.807) is 6.26 Å². The van der Waals surface area contributed by atoms with E-state index in [9.17, 15) is 0 Å². The Morgan fingerprint density at radius 3 is 2.79 bits per heavy atom. The average molecular weight is 194 g/mol. The Kier molecular flexibility index (Phi) is 2.61. The van der Waals surface area contributed by atoms with Gasteiger partial charge in [0.05, 0.1) is 12.8 Å². The first-order chi connectivity index (χ1) is 6.80. The summed E-state index contributed by atoms with van der Waals surface area (Å²) >= 11 is 0. The fourth-order valence-corrected chi connectivity index (χ4v) is 2.00. The number of likely N-dealkylation sites (N-methyl/N-ethyl adjacent to an activating group) is 1. The minimum Gasteiger partial charge on any atom is -0.468 e. The second-order valence-corrected chi connectivity index (χ2v) is 4.02. The number of furan rings is 1. The first kappa shape index (κ1) is 9.74. The monoisotopic (exact) mass is 194 g/mol. The summed E-state index contributed by atoms with van der Waals surface area (Å²) in [6, 6.07) is 3.96. The molecule has 0 radical (unpaired) electrons. The molecule has 0 saturated heterocycles. The van der Waals surface area contributed by atoms with Gasteiger partial charge in [-0.2, -0.15) is 0 Å². The van der Waals surface area contributed by atoms with Gasteiger partial charge in [-0.3, -0.25) is 4.90 Å². The lowest BCUT2D eigenvalue weighted by molar-refractivity contribution is 0.168. The van der Waals surface area contributed by atoms with Crippen molar-refractivity contribution in [2.45, 2.75) is 31.8 Å². The van der Waals surface area contributed by atoms with Gasteiger partial charge in [0.1, 0.15) is 5.76 Å². The van der Waals surface area contributed by atoms with Gasteiger partial charge in [-0.25, -0.2) is 0 Å². The number of rotatable bonds is 5. The third-order valence-electron chi connectivity index (χ3n) is 3.19. The van der Waals surface area contributed by atoms with Crippen molar-refractivity contribution in [3.05, 3.63) is 24.2 Å². The van der Waals surface area contributed by atoms with Gasteiger partial charge in [0.2, 0.25) is 0 Å². The van der Waals surface area contributed by atoms with E-state index < -0.39 is 0 Å². The van der Waals surface area contributed by atoms with Crippen LogP contribution in [0, 0.1) is 0 Å². The normalized spacial score (nSPS) is 18.8. The van der Waals surface area contributed by atoms with Crippen LogP contribution in [0.5, 0.6) is 0 Å². The van der Waals surface area contributed by atoms with Crippen LogP contribution in [0.2, 0.25) is 0 Å². The summed E-state index contributed by atoms with van der Waals surface area (Å²) in [7, 11) is 0. The lowest BCUT2D eigenvalue weighted by Crippen LogP contribution is -2.42. The molecule has 1 aliphatic rings. The molecular formula is C11H18N2O. The predicted molar refractivity (Wildman–Crippen MR) is 55.8 cm³/mol. The van der Waals surface area contributed by atoms with Crippen molar-refractivity contribution >= 4 is 0 Å². The number of hydrogen-bond acceptors (Lipinski definition) is 3. The Morgan fingerprint density at radius 1 is 1.57 bits per heavy atom. The zero-order valence-corrected chi connectivity index (χ0v) is 8.70. The zero-order chi connectivity index (χ0) is 10.0. The van der Waals surface area contributed by atoms with Crippen molar-refractivity contribution in [3.63, 3.8) is 0 Å². The standard InChI is InChI=1S/C11H18N2O/c1-2-13(11(9-12)5-6-11)8-10-4-3-7-14-10/h3-4,7H,2,5-6,8-9,12H2,1H3. The lowest BCUT2D eigenvalue weighted by Gasteiger charge is -2.28. The predicted octanol–water partition coefficient (Wildman–Crippen LogP) is 1.59. The maximum Gasteiger partial charge on any atom is 0.117 e. The van der Waals surface area contributed by atoms with Gasteiger partial charge in [-0.15, -0.1) is 0 Å².